The van der Waals surface area contributed by atoms with Gasteiger partial charge in [-0.3, -0.25) is 0 Å². The topological polar surface area (TPSA) is 115 Å². The fourth-order valence-corrected chi connectivity index (χ4v) is 4.14. The van der Waals surface area contributed by atoms with Crippen molar-refractivity contribution in [2.45, 2.75) is 39.3 Å². The number of aliphatic hydroxyl groups excluding tert-OH is 1. The normalized spacial score (nSPS) is 16.6. The highest BCUT2D eigenvalue weighted by atomic mass is 35.5. The van der Waals surface area contributed by atoms with Crippen LogP contribution >= 0.6 is 11.6 Å². The van der Waals surface area contributed by atoms with E-state index in [0.29, 0.717) is 46.9 Å². The second-order valence-corrected chi connectivity index (χ2v) is 8.84. The summed E-state index contributed by atoms with van der Waals surface area (Å²) in [5.74, 6) is 2.41. The standard InChI is InChI=1S/C24H30ClN5O4/c1-13-22(21-14(2)30-34-15(21)3)28-24(29-23(13)27-16-7-8-32-11-16)19-9-18(5-6-20(19)25)33-12-17(31)10-26-4/h5-6,9,16-17,26,31H,7-8,10-12H2,1-4H3,(H,27,28,29)/t16-,17+/m1/s1. The average Bonchev–Trinajstić information content (AvgIpc) is 3.44. The van der Waals surface area contributed by atoms with Crippen LogP contribution < -0.4 is 15.4 Å². The van der Waals surface area contributed by atoms with Gasteiger partial charge in [0.2, 0.25) is 0 Å². The van der Waals surface area contributed by atoms with Gasteiger partial charge in [-0.2, -0.15) is 0 Å². The molecule has 0 unspecified atom stereocenters. The number of aliphatic hydroxyl groups is 1. The third kappa shape index (κ3) is 5.33. The van der Waals surface area contributed by atoms with E-state index in [1.807, 2.05) is 20.8 Å². The number of aromatic nitrogens is 3. The van der Waals surface area contributed by atoms with Crippen LogP contribution in [0, 0.1) is 20.8 Å². The molecule has 3 heterocycles. The van der Waals surface area contributed by atoms with Crippen LogP contribution in [0.5, 0.6) is 5.75 Å². The number of anilines is 1. The minimum atomic E-state index is -0.629. The van der Waals surface area contributed by atoms with E-state index in [1.54, 1.807) is 25.2 Å². The predicted molar refractivity (Wildman–Crippen MR) is 130 cm³/mol. The Balaban J connectivity index is 1.76. The molecule has 1 aromatic carbocycles. The molecule has 0 aliphatic carbocycles. The van der Waals surface area contributed by atoms with Crippen molar-refractivity contribution in [2.24, 2.45) is 0 Å². The second kappa shape index (κ2) is 10.7. The highest BCUT2D eigenvalue weighted by Gasteiger charge is 2.24. The van der Waals surface area contributed by atoms with E-state index in [-0.39, 0.29) is 12.6 Å². The fraction of sp³-hybridized carbons (Fsp3) is 0.458. The fourth-order valence-electron chi connectivity index (χ4n) is 3.94. The Morgan fingerprint density at radius 2 is 2.09 bits per heavy atom. The summed E-state index contributed by atoms with van der Waals surface area (Å²) in [6.07, 6.45) is 0.272. The number of nitrogens with one attached hydrogen (secondary N) is 2. The maximum absolute atomic E-state index is 9.98. The van der Waals surface area contributed by atoms with Crippen LogP contribution in [0.1, 0.15) is 23.4 Å². The summed E-state index contributed by atoms with van der Waals surface area (Å²) in [5, 5.41) is 21.0. The Kier molecular flexibility index (Phi) is 7.67. The first-order valence-corrected chi connectivity index (χ1v) is 11.7. The van der Waals surface area contributed by atoms with Gasteiger partial charge in [0, 0.05) is 24.3 Å². The Hall–Kier alpha value is -2.72. The van der Waals surface area contributed by atoms with Crippen molar-refractivity contribution in [3.05, 3.63) is 40.2 Å². The maximum Gasteiger partial charge on any atom is 0.163 e. The minimum Gasteiger partial charge on any atom is -0.491 e. The molecule has 182 valence electrons. The van der Waals surface area contributed by atoms with Gasteiger partial charge in [0.15, 0.2) is 5.82 Å². The third-order valence-electron chi connectivity index (χ3n) is 5.75. The summed E-state index contributed by atoms with van der Waals surface area (Å²) in [6.45, 7) is 7.66. The molecule has 3 aromatic rings. The quantitative estimate of drug-likeness (QED) is 0.417. The Bertz CT molecular complexity index is 1130. The van der Waals surface area contributed by atoms with Crippen molar-refractivity contribution >= 4 is 17.4 Å². The molecule has 0 bridgehead atoms. The third-order valence-corrected chi connectivity index (χ3v) is 6.08. The lowest BCUT2D eigenvalue weighted by Gasteiger charge is -2.18. The largest absolute Gasteiger partial charge is 0.491 e. The molecular weight excluding hydrogens is 458 g/mol. The lowest BCUT2D eigenvalue weighted by atomic mass is 10.0. The molecule has 3 N–H and O–H groups in total. The van der Waals surface area contributed by atoms with Crippen molar-refractivity contribution in [1.82, 2.24) is 20.4 Å². The van der Waals surface area contributed by atoms with Gasteiger partial charge in [-0.25, -0.2) is 9.97 Å². The molecule has 2 atom stereocenters. The van der Waals surface area contributed by atoms with E-state index in [9.17, 15) is 5.11 Å². The van der Waals surface area contributed by atoms with Gasteiger partial charge in [-0.1, -0.05) is 16.8 Å². The summed E-state index contributed by atoms with van der Waals surface area (Å²) >= 11 is 6.58. The van der Waals surface area contributed by atoms with Crippen molar-refractivity contribution < 1.29 is 19.1 Å². The lowest BCUT2D eigenvalue weighted by molar-refractivity contribution is 0.108. The highest BCUT2D eigenvalue weighted by molar-refractivity contribution is 6.33. The molecule has 1 saturated heterocycles. The van der Waals surface area contributed by atoms with Gasteiger partial charge in [0.1, 0.15) is 30.0 Å². The van der Waals surface area contributed by atoms with Crippen LogP contribution in [0.3, 0.4) is 0 Å². The second-order valence-electron chi connectivity index (χ2n) is 8.44. The van der Waals surface area contributed by atoms with Gasteiger partial charge in [-0.15, -0.1) is 0 Å². The molecule has 0 saturated carbocycles. The molecule has 1 aliphatic rings. The number of rotatable bonds is 9. The summed E-state index contributed by atoms with van der Waals surface area (Å²) in [5.41, 5.74) is 3.84. The summed E-state index contributed by atoms with van der Waals surface area (Å²) in [7, 11) is 1.78. The van der Waals surface area contributed by atoms with Crippen LogP contribution in [0.4, 0.5) is 5.82 Å². The predicted octanol–water partition coefficient (Wildman–Crippen LogP) is 3.54. The van der Waals surface area contributed by atoms with Crippen LogP contribution in [0.25, 0.3) is 22.6 Å². The molecule has 9 nitrogen and oxygen atoms in total. The number of likely N-dealkylation sites (N-methyl/N-ethyl adjacent to an activating group) is 1. The number of hydrogen-bond acceptors (Lipinski definition) is 9. The van der Waals surface area contributed by atoms with Crippen molar-refractivity contribution in [3.8, 4) is 28.4 Å². The van der Waals surface area contributed by atoms with Gasteiger partial charge in [-0.05, 0) is 52.4 Å². The molecule has 34 heavy (non-hydrogen) atoms. The van der Waals surface area contributed by atoms with E-state index in [1.165, 1.54) is 0 Å². The maximum atomic E-state index is 9.98. The van der Waals surface area contributed by atoms with Gasteiger partial charge >= 0.3 is 0 Å². The Labute approximate surface area is 203 Å². The molecule has 0 spiro atoms. The molecule has 1 aliphatic heterocycles. The van der Waals surface area contributed by atoms with Gasteiger partial charge < -0.3 is 29.7 Å². The van der Waals surface area contributed by atoms with E-state index >= 15 is 0 Å². The first-order valence-electron chi connectivity index (χ1n) is 11.3. The van der Waals surface area contributed by atoms with Crippen LogP contribution in [-0.4, -0.2) is 65.8 Å². The molecule has 0 amide bonds. The number of benzene rings is 1. The van der Waals surface area contributed by atoms with Crippen LogP contribution in [0.15, 0.2) is 22.7 Å². The lowest BCUT2D eigenvalue weighted by Crippen LogP contribution is -2.29. The zero-order valence-electron chi connectivity index (χ0n) is 19.8. The van der Waals surface area contributed by atoms with Crippen molar-refractivity contribution in [1.29, 1.82) is 0 Å². The number of hydrogen-bond donors (Lipinski definition) is 3. The summed E-state index contributed by atoms with van der Waals surface area (Å²) < 4.78 is 16.7. The molecule has 4 rings (SSSR count). The summed E-state index contributed by atoms with van der Waals surface area (Å²) in [4.78, 5) is 9.72. The smallest absolute Gasteiger partial charge is 0.163 e. The minimum absolute atomic E-state index is 0.148. The zero-order valence-corrected chi connectivity index (χ0v) is 20.6. The number of ether oxygens (including phenoxy) is 2. The number of nitrogens with zero attached hydrogens (tertiary/aromatic N) is 3. The van der Waals surface area contributed by atoms with E-state index in [2.05, 4.69) is 15.8 Å². The van der Waals surface area contributed by atoms with Crippen LogP contribution in [0.2, 0.25) is 5.02 Å². The van der Waals surface area contributed by atoms with Gasteiger partial charge in [0.25, 0.3) is 0 Å². The number of aryl methyl sites for hydroxylation is 2. The Morgan fingerprint density at radius 1 is 1.26 bits per heavy atom. The van der Waals surface area contributed by atoms with E-state index in [0.717, 1.165) is 35.5 Å². The zero-order chi connectivity index (χ0) is 24.2. The average molecular weight is 488 g/mol. The Morgan fingerprint density at radius 3 is 2.76 bits per heavy atom. The SMILES string of the molecule is CNC[C@H](O)COc1ccc(Cl)c(-c2nc(N[C@@H]3CCOC3)c(C)c(-c3c(C)noc3C)n2)c1. The highest BCUT2D eigenvalue weighted by Crippen LogP contribution is 2.36. The van der Waals surface area contributed by atoms with Gasteiger partial charge in [0.05, 0.1) is 34.6 Å². The molecule has 1 fully saturated rings. The first kappa shape index (κ1) is 24.4. The van der Waals surface area contributed by atoms with Crippen LogP contribution in [-0.2, 0) is 4.74 Å². The first-order chi connectivity index (χ1) is 16.4. The molecule has 0 radical (unpaired) electrons. The van der Waals surface area contributed by atoms with Crippen molar-refractivity contribution in [2.75, 3.05) is 38.7 Å². The monoisotopic (exact) mass is 487 g/mol. The molecule has 2 aromatic heterocycles. The number of halogens is 1. The molecular formula is C24H30ClN5O4. The molecule has 10 heteroatoms. The van der Waals surface area contributed by atoms with E-state index < -0.39 is 6.10 Å². The van der Waals surface area contributed by atoms with Crippen molar-refractivity contribution in [3.63, 3.8) is 0 Å². The van der Waals surface area contributed by atoms with E-state index in [4.69, 9.17) is 35.6 Å². The summed E-state index contributed by atoms with van der Waals surface area (Å²) in [6, 6.07) is 5.46.